The number of pyridine rings is 1. The van der Waals surface area contributed by atoms with Crippen molar-refractivity contribution in [3.63, 3.8) is 0 Å². The number of anilines is 1. The maximum Gasteiger partial charge on any atom is 0.131 e. The fraction of sp³-hybridized carbons (Fsp3) is 0.500. The van der Waals surface area contributed by atoms with E-state index in [1.807, 2.05) is 6.20 Å². The molecule has 1 fully saturated rings. The Morgan fingerprint density at radius 2 is 2.14 bits per heavy atom. The minimum atomic E-state index is 0.127. The molecule has 0 amide bonds. The molecule has 0 bridgehead atoms. The van der Waals surface area contributed by atoms with Crippen LogP contribution in [0, 0.1) is 6.92 Å². The lowest BCUT2D eigenvalue weighted by atomic mass is 9.69. The molecule has 0 aromatic carbocycles. The third-order valence-electron chi connectivity index (χ3n) is 5.11. The van der Waals surface area contributed by atoms with E-state index >= 15 is 0 Å². The Balaban J connectivity index is 1.61. The van der Waals surface area contributed by atoms with E-state index in [9.17, 15) is 0 Å². The summed E-state index contributed by atoms with van der Waals surface area (Å²) in [7, 11) is 0. The second-order valence-corrected chi connectivity index (χ2v) is 7.74. The second kappa shape index (κ2) is 5.24. The summed E-state index contributed by atoms with van der Waals surface area (Å²) in [6, 6.07) is 0.502. The average Bonchev–Trinajstić information content (AvgIpc) is 3.09. The summed E-state index contributed by atoms with van der Waals surface area (Å²) in [6.45, 7) is 3.03. The van der Waals surface area contributed by atoms with Crippen LogP contribution in [-0.4, -0.2) is 21.3 Å². The molecule has 116 valence electrons. The molecular formula is C16H18BrClN4. The summed E-state index contributed by atoms with van der Waals surface area (Å²) in [5.41, 5.74) is 2.56. The average molecular weight is 382 g/mol. The number of halogens is 2. The van der Waals surface area contributed by atoms with Gasteiger partial charge < -0.3 is 5.32 Å². The molecule has 0 atom stereocenters. The summed E-state index contributed by atoms with van der Waals surface area (Å²) >= 11 is 10.1. The van der Waals surface area contributed by atoms with E-state index in [-0.39, 0.29) is 5.41 Å². The van der Waals surface area contributed by atoms with Gasteiger partial charge in [-0.3, -0.25) is 4.68 Å². The van der Waals surface area contributed by atoms with E-state index in [0.717, 1.165) is 47.5 Å². The van der Waals surface area contributed by atoms with Crippen LogP contribution in [-0.2, 0) is 5.41 Å². The minimum Gasteiger partial charge on any atom is -0.369 e. The fourth-order valence-corrected chi connectivity index (χ4v) is 4.54. The highest BCUT2D eigenvalue weighted by molar-refractivity contribution is 9.10. The number of hydrogen-bond acceptors (Lipinski definition) is 3. The Labute approximate surface area is 143 Å². The molecule has 1 N–H and O–H groups in total. The minimum absolute atomic E-state index is 0.127. The normalized spacial score (nSPS) is 27.0. The largest absolute Gasteiger partial charge is 0.369 e. The molecule has 2 aliphatic rings. The summed E-state index contributed by atoms with van der Waals surface area (Å²) in [5, 5.41) is 8.76. The molecule has 0 saturated heterocycles. The lowest BCUT2D eigenvalue weighted by Crippen LogP contribution is -2.34. The van der Waals surface area contributed by atoms with E-state index in [1.54, 1.807) is 6.20 Å². The molecule has 2 aromatic heterocycles. The van der Waals surface area contributed by atoms with E-state index in [0.29, 0.717) is 6.04 Å². The van der Waals surface area contributed by atoms with Gasteiger partial charge in [0.1, 0.15) is 5.82 Å². The van der Waals surface area contributed by atoms with Crippen LogP contribution in [0.2, 0.25) is 5.02 Å². The third kappa shape index (κ3) is 2.17. The lowest BCUT2D eigenvalue weighted by Gasteiger charge is -2.37. The van der Waals surface area contributed by atoms with Gasteiger partial charge in [-0.1, -0.05) is 11.6 Å². The first kappa shape index (κ1) is 14.5. The Morgan fingerprint density at radius 1 is 1.36 bits per heavy atom. The van der Waals surface area contributed by atoms with E-state index < -0.39 is 0 Å². The number of hydrogen-bond donors (Lipinski definition) is 1. The number of aromatic nitrogens is 3. The van der Waals surface area contributed by atoms with Crippen LogP contribution in [0.1, 0.15) is 42.9 Å². The molecule has 1 spiro atoms. The summed E-state index contributed by atoms with van der Waals surface area (Å²) in [5.74, 6) is 0.960. The van der Waals surface area contributed by atoms with Gasteiger partial charge in [-0.05, 0) is 54.1 Å². The number of aryl methyl sites for hydroxylation is 1. The maximum atomic E-state index is 6.57. The van der Waals surface area contributed by atoms with E-state index in [1.165, 1.54) is 11.1 Å². The Hall–Kier alpha value is -1.07. The van der Waals surface area contributed by atoms with Crippen molar-refractivity contribution < 1.29 is 0 Å². The van der Waals surface area contributed by atoms with Gasteiger partial charge in [0.2, 0.25) is 0 Å². The highest BCUT2D eigenvalue weighted by Gasteiger charge is 2.44. The fourth-order valence-electron chi connectivity index (χ4n) is 3.90. The van der Waals surface area contributed by atoms with Crippen LogP contribution < -0.4 is 5.32 Å². The van der Waals surface area contributed by atoms with Crippen LogP contribution in [0.4, 0.5) is 5.82 Å². The zero-order valence-corrected chi connectivity index (χ0v) is 14.8. The second-order valence-electron chi connectivity index (χ2n) is 6.51. The molecule has 1 aliphatic carbocycles. The van der Waals surface area contributed by atoms with Crippen molar-refractivity contribution in [2.75, 3.05) is 11.9 Å². The van der Waals surface area contributed by atoms with Crippen molar-refractivity contribution in [2.24, 2.45) is 0 Å². The molecule has 3 heterocycles. The molecule has 4 rings (SSSR count). The smallest absolute Gasteiger partial charge is 0.131 e. The van der Waals surface area contributed by atoms with Crippen LogP contribution >= 0.6 is 27.5 Å². The Kier molecular flexibility index (Phi) is 3.46. The van der Waals surface area contributed by atoms with E-state index in [2.05, 4.69) is 49.1 Å². The molecule has 0 unspecified atom stereocenters. The van der Waals surface area contributed by atoms with Crippen LogP contribution in [0.15, 0.2) is 23.1 Å². The summed E-state index contributed by atoms with van der Waals surface area (Å²) in [6.07, 6.45) is 10.4. The topological polar surface area (TPSA) is 42.7 Å². The molecule has 6 heteroatoms. The van der Waals surface area contributed by atoms with Gasteiger partial charge in [0.25, 0.3) is 0 Å². The molecular weight excluding hydrogens is 364 g/mol. The highest BCUT2D eigenvalue weighted by atomic mass is 79.9. The maximum absolute atomic E-state index is 6.57. The monoisotopic (exact) mass is 380 g/mol. The Bertz CT molecular complexity index is 719. The third-order valence-corrected chi connectivity index (χ3v) is 6.34. The SMILES string of the molecule is Cc1cnn([C@H]2CC[C@]3(CC2)CNc2ncc(Br)c(Cl)c23)c1. The first-order chi connectivity index (χ1) is 10.6. The molecule has 2 aromatic rings. The predicted molar refractivity (Wildman–Crippen MR) is 91.6 cm³/mol. The lowest BCUT2D eigenvalue weighted by molar-refractivity contribution is 0.237. The standard InChI is InChI=1S/C16H18BrClN4/c1-10-6-21-22(8-10)11-2-4-16(5-3-11)9-20-15-13(16)14(18)12(17)7-19-15/h6-8,11H,2-5,9H2,1H3,(H,19,20)/t11-,16-. The molecule has 22 heavy (non-hydrogen) atoms. The molecule has 1 saturated carbocycles. The van der Waals surface area contributed by atoms with Crippen molar-refractivity contribution in [1.29, 1.82) is 0 Å². The Morgan fingerprint density at radius 3 is 2.82 bits per heavy atom. The quantitative estimate of drug-likeness (QED) is 0.792. The molecule has 0 radical (unpaired) electrons. The van der Waals surface area contributed by atoms with Crippen molar-refractivity contribution in [1.82, 2.24) is 14.8 Å². The number of nitrogens with zero attached hydrogens (tertiary/aromatic N) is 3. The first-order valence-corrected chi connectivity index (χ1v) is 8.85. The summed E-state index contributed by atoms with van der Waals surface area (Å²) < 4.78 is 3.02. The molecule has 1 aliphatic heterocycles. The van der Waals surface area contributed by atoms with Crippen LogP contribution in [0.3, 0.4) is 0 Å². The van der Waals surface area contributed by atoms with Gasteiger partial charge in [-0.15, -0.1) is 0 Å². The number of fused-ring (bicyclic) bond motifs is 2. The van der Waals surface area contributed by atoms with Crippen LogP contribution in [0.5, 0.6) is 0 Å². The van der Waals surface area contributed by atoms with Crippen LogP contribution in [0.25, 0.3) is 0 Å². The van der Waals surface area contributed by atoms with Gasteiger partial charge in [0.15, 0.2) is 0 Å². The van der Waals surface area contributed by atoms with Gasteiger partial charge in [0.05, 0.1) is 21.7 Å². The zero-order valence-electron chi connectivity index (χ0n) is 12.4. The zero-order chi connectivity index (χ0) is 15.3. The van der Waals surface area contributed by atoms with E-state index in [4.69, 9.17) is 11.6 Å². The summed E-state index contributed by atoms with van der Waals surface area (Å²) in [4.78, 5) is 4.49. The van der Waals surface area contributed by atoms with Crippen molar-refractivity contribution in [3.05, 3.63) is 39.2 Å². The highest BCUT2D eigenvalue weighted by Crippen LogP contribution is 2.51. The van der Waals surface area contributed by atoms with Crippen molar-refractivity contribution in [2.45, 2.75) is 44.1 Å². The van der Waals surface area contributed by atoms with Crippen molar-refractivity contribution >= 4 is 33.3 Å². The van der Waals surface area contributed by atoms with Crippen molar-refractivity contribution in [3.8, 4) is 0 Å². The van der Waals surface area contributed by atoms with Gasteiger partial charge in [-0.25, -0.2) is 4.98 Å². The van der Waals surface area contributed by atoms with Gasteiger partial charge in [-0.2, -0.15) is 5.10 Å². The first-order valence-electron chi connectivity index (χ1n) is 7.68. The van der Waals surface area contributed by atoms with Gasteiger partial charge in [0, 0.05) is 29.9 Å². The predicted octanol–water partition coefficient (Wildman–Crippen LogP) is 4.48. The number of nitrogens with one attached hydrogen (secondary N) is 1. The number of rotatable bonds is 1. The molecule has 4 nitrogen and oxygen atoms in total. The van der Waals surface area contributed by atoms with Gasteiger partial charge >= 0.3 is 0 Å².